The number of carbonyl (C=O) groups excluding carboxylic acids is 1. The standard InChI is InChI=1S/C11H6Cl2N2O.C11H7ClN4.H4N2/c12-10-8(6-14-11(13)15-10)9(16)7-4-2-1-3-5-7;12-11-13-6-8-9(15-16-10(8)14-11)7-4-2-1-3-5-7;1-2/h1-6H;1-6H,(H,13,14,15,16);1-2H2. The van der Waals surface area contributed by atoms with Crippen LogP contribution in [0.3, 0.4) is 0 Å². The molecule has 0 aliphatic rings. The molecule has 0 saturated carbocycles. The van der Waals surface area contributed by atoms with Crippen molar-refractivity contribution in [3.05, 3.63) is 99.9 Å². The Morgan fingerprint density at radius 1 is 0.794 bits per heavy atom. The van der Waals surface area contributed by atoms with Gasteiger partial charge in [0.2, 0.25) is 10.6 Å². The highest BCUT2D eigenvalue weighted by Crippen LogP contribution is 2.24. The molecule has 0 atom stereocenters. The van der Waals surface area contributed by atoms with Gasteiger partial charge < -0.3 is 0 Å². The van der Waals surface area contributed by atoms with Crippen molar-refractivity contribution < 1.29 is 4.79 Å². The van der Waals surface area contributed by atoms with E-state index in [1.165, 1.54) is 6.20 Å². The SMILES string of the molecule is Clc1ncc2c(-c3ccccc3)[nH]nc2n1.NN.O=C(c1ccccc1)c1cnc(Cl)nc1Cl. The van der Waals surface area contributed by atoms with E-state index in [0.717, 1.165) is 16.6 Å². The molecule has 0 bridgehead atoms. The van der Waals surface area contributed by atoms with Crippen molar-refractivity contribution >= 4 is 51.6 Å². The highest BCUT2D eigenvalue weighted by molar-refractivity contribution is 6.35. The van der Waals surface area contributed by atoms with Crippen LogP contribution in [-0.4, -0.2) is 35.9 Å². The Kier molecular flexibility index (Phi) is 8.97. The first-order valence-corrected chi connectivity index (χ1v) is 10.7. The van der Waals surface area contributed by atoms with E-state index in [2.05, 4.69) is 41.8 Å². The third-order valence-corrected chi connectivity index (χ3v) is 4.99. The van der Waals surface area contributed by atoms with E-state index >= 15 is 0 Å². The number of nitrogens with zero attached hydrogens (tertiary/aromatic N) is 5. The average Bonchev–Trinajstić information content (AvgIpc) is 3.29. The summed E-state index contributed by atoms with van der Waals surface area (Å²) in [4.78, 5) is 27.4. The molecule has 0 amide bonds. The first-order valence-electron chi connectivity index (χ1n) is 9.56. The predicted octanol–water partition coefficient (Wildman–Crippen LogP) is 4.51. The smallest absolute Gasteiger partial charge is 0.224 e. The van der Waals surface area contributed by atoms with Gasteiger partial charge in [-0.3, -0.25) is 21.6 Å². The summed E-state index contributed by atoms with van der Waals surface area (Å²) in [7, 11) is 0. The molecule has 3 aromatic heterocycles. The van der Waals surface area contributed by atoms with E-state index < -0.39 is 0 Å². The number of ketones is 1. The van der Waals surface area contributed by atoms with Crippen molar-refractivity contribution in [1.29, 1.82) is 0 Å². The van der Waals surface area contributed by atoms with Gasteiger partial charge in [-0.15, -0.1) is 0 Å². The van der Waals surface area contributed by atoms with Gasteiger partial charge >= 0.3 is 0 Å². The molecule has 34 heavy (non-hydrogen) atoms. The topological polar surface area (TPSA) is 149 Å². The van der Waals surface area contributed by atoms with Crippen LogP contribution in [0.5, 0.6) is 0 Å². The molecule has 2 aromatic carbocycles. The maximum absolute atomic E-state index is 12.0. The molecule has 9 nitrogen and oxygen atoms in total. The molecule has 12 heteroatoms. The number of hydrogen-bond donors (Lipinski definition) is 3. The quantitative estimate of drug-likeness (QED) is 0.104. The largest absolute Gasteiger partial charge is 0.288 e. The van der Waals surface area contributed by atoms with Gasteiger partial charge in [0.25, 0.3) is 0 Å². The third-order valence-electron chi connectivity index (χ3n) is 4.34. The average molecular weight is 516 g/mol. The monoisotopic (exact) mass is 514 g/mol. The van der Waals surface area contributed by atoms with E-state index in [1.807, 2.05) is 36.4 Å². The summed E-state index contributed by atoms with van der Waals surface area (Å²) in [6.07, 6.45) is 3.00. The van der Waals surface area contributed by atoms with Crippen LogP contribution >= 0.6 is 34.8 Å². The van der Waals surface area contributed by atoms with Crippen molar-refractivity contribution in [2.75, 3.05) is 0 Å². The number of aromatic nitrogens is 6. The number of hydrogen-bond acceptors (Lipinski definition) is 8. The Balaban J connectivity index is 0.000000178. The van der Waals surface area contributed by atoms with Crippen molar-refractivity contribution in [1.82, 2.24) is 30.1 Å². The van der Waals surface area contributed by atoms with Crippen LogP contribution < -0.4 is 11.7 Å². The van der Waals surface area contributed by atoms with Crippen LogP contribution in [0, 0.1) is 0 Å². The highest BCUT2D eigenvalue weighted by Gasteiger charge is 2.14. The second-order valence-electron chi connectivity index (χ2n) is 6.38. The number of nitrogens with one attached hydrogen (secondary N) is 1. The van der Waals surface area contributed by atoms with Crippen LogP contribution in [0.25, 0.3) is 22.3 Å². The molecular formula is C22H17Cl3N8O. The molecule has 0 unspecified atom stereocenters. The van der Waals surface area contributed by atoms with Gasteiger partial charge in [0.1, 0.15) is 5.15 Å². The van der Waals surface area contributed by atoms with Crippen molar-refractivity contribution in [2.45, 2.75) is 0 Å². The maximum atomic E-state index is 12.0. The van der Waals surface area contributed by atoms with Gasteiger partial charge in [0.15, 0.2) is 11.4 Å². The van der Waals surface area contributed by atoms with Crippen LogP contribution in [0.2, 0.25) is 15.7 Å². The summed E-state index contributed by atoms with van der Waals surface area (Å²) in [5.74, 6) is 7.78. The lowest BCUT2D eigenvalue weighted by Crippen LogP contribution is -2.04. The fraction of sp³-hybridized carbons (Fsp3) is 0. The number of rotatable bonds is 3. The zero-order chi connectivity index (χ0) is 24.5. The highest BCUT2D eigenvalue weighted by atomic mass is 35.5. The second kappa shape index (κ2) is 12.1. The van der Waals surface area contributed by atoms with Crippen LogP contribution in [0.15, 0.2) is 73.1 Å². The van der Waals surface area contributed by atoms with E-state index in [1.54, 1.807) is 30.5 Å². The molecule has 0 saturated heterocycles. The van der Waals surface area contributed by atoms with E-state index in [-0.39, 0.29) is 27.1 Å². The Hall–Kier alpha value is -3.47. The minimum atomic E-state index is -0.220. The Morgan fingerprint density at radius 3 is 2.03 bits per heavy atom. The van der Waals surface area contributed by atoms with Crippen LogP contribution in [0.4, 0.5) is 0 Å². The molecule has 0 radical (unpaired) electrons. The number of H-pyrrole nitrogens is 1. The molecule has 3 heterocycles. The normalized spacial score (nSPS) is 10.0. The van der Waals surface area contributed by atoms with Gasteiger partial charge in [-0.25, -0.2) is 15.0 Å². The Bertz CT molecular complexity index is 1380. The fourth-order valence-corrected chi connectivity index (χ4v) is 3.37. The molecule has 0 aliphatic heterocycles. The fourth-order valence-electron chi connectivity index (χ4n) is 2.85. The minimum Gasteiger partial charge on any atom is -0.288 e. The summed E-state index contributed by atoms with van der Waals surface area (Å²) < 4.78 is 0. The molecule has 5 N–H and O–H groups in total. The lowest BCUT2D eigenvalue weighted by molar-refractivity contribution is 0.103. The van der Waals surface area contributed by atoms with Crippen LogP contribution in [-0.2, 0) is 0 Å². The Morgan fingerprint density at radius 2 is 1.38 bits per heavy atom. The van der Waals surface area contributed by atoms with E-state index in [0.29, 0.717) is 11.2 Å². The number of halogens is 3. The predicted molar refractivity (Wildman–Crippen MR) is 132 cm³/mol. The van der Waals surface area contributed by atoms with Gasteiger partial charge in [0.05, 0.1) is 16.6 Å². The first-order chi connectivity index (χ1) is 16.5. The van der Waals surface area contributed by atoms with Gasteiger partial charge in [-0.1, -0.05) is 72.3 Å². The molecule has 5 rings (SSSR count). The van der Waals surface area contributed by atoms with Gasteiger partial charge in [-0.2, -0.15) is 10.1 Å². The lowest BCUT2D eigenvalue weighted by atomic mass is 10.1. The van der Waals surface area contributed by atoms with Crippen molar-refractivity contribution in [3.8, 4) is 11.3 Å². The summed E-state index contributed by atoms with van der Waals surface area (Å²) in [6.45, 7) is 0. The molecule has 172 valence electrons. The number of carbonyl (C=O) groups is 1. The molecule has 0 spiro atoms. The lowest BCUT2D eigenvalue weighted by Gasteiger charge is -2.02. The number of nitrogens with two attached hydrogens (primary N) is 2. The van der Waals surface area contributed by atoms with Crippen molar-refractivity contribution in [2.24, 2.45) is 11.7 Å². The van der Waals surface area contributed by atoms with Crippen molar-refractivity contribution in [3.63, 3.8) is 0 Å². The van der Waals surface area contributed by atoms with Crippen LogP contribution in [0.1, 0.15) is 15.9 Å². The number of fused-ring (bicyclic) bond motifs is 1. The zero-order valence-electron chi connectivity index (χ0n) is 17.4. The summed E-state index contributed by atoms with van der Waals surface area (Å²) in [5.41, 5.74) is 3.33. The van der Waals surface area contributed by atoms with Gasteiger partial charge in [0, 0.05) is 23.5 Å². The maximum Gasteiger partial charge on any atom is 0.224 e. The minimum absolute atomic E-state index is 0.0228. The third kappa shape index (κ3) is 6.10. The Labute approximate surface area is 209 Å². The van der Waals surface area contributed by atoms with E-state index in [9.17, 15) is 4.79 Å². The summed E-state index contributed by atoms with van der Waals surface area (Å²) >= 11 is 17.1. The van der Waals surface area contributed by atoms with Gasteiger partial charge in [-0.05, 0) is 23.2 Å². The summed E-state index contributed by atoms with van der Waals surface area (Å²) in [5, 5.41) is 8.21. The zero-order valence-corrected chi connectivity index (χ0v) is 19.6. The molecular weight excluding hydrogens is 499 g/mol. The number of hydrazine groups is 1. The number of benzene rings is 2. The first kappa shape index (κ1) is 25.2. The molecule has 5 aromatic rings. The summed E-state index contributed by atoms with van der Waals surface area (Å²) in [6, 6.07) is 18.7. The van der Waals surface area contributed by atoms with E-state index in [4.69, 9.17) is 34.8 Å². The second-order valence-corrected chi connectivity index (χ2v) is 7.41. The molecule has 0 aliphatic carbocycles. The molecule has 0 fully saturated rings. The number of aromatic amines is 1.